The summed E-state index contributed by atoms with van der Waals surface area (Å²) in [5, 5.41) is 0. The molecule has 1 amide bonds. The second-order valence-electron chi connectivity index (χ2n) is 4.07. The van der Waals surface area contributed by atoms with Gasteiger partial charge in [-0.1, -0.05) is 0 Å². The smallest absolute Gasteiger partial charge is 0.349 e. The molecule has 0 bridgehead atoms. The Hall–Kier alpha value is -2.22. The SMILES string of the molecule is CC(=O)CN(CCN)C(=O)Cn1ccc(N)nc1=O. The van der Waals surface area contributed by atoms with Gasteiger partial charge in [-0.15, -0.1) is 0 Å². The van der Waals surface area contributed by atoms with Crippen molar-refractivity contribution in [1.82, 2.24) is 14.5 Å². The summed E-state index contributed by atoms with van der Waals surface area (Å²) in [4.78, 5) is 39.4. The second kappa shape index (κ2) is 6.64. The topological polar surface area (TPSA) is 124 Å². The van der Waals surface area contributed by atoms with Gasteiger partial charge in [0.1, 0.15) is 18.1 Å². The molecule has 1 aromatic rings. The molecule has 104 valence electrons. The summed E-state index contributed by atoms with van der Waals surface area (Å²) in [6, 6.07) is 1.42. The van der Waals surface area contributed by atoms with E-state index >= 15 is 0 Å². The van der Waals surface area contributed by atoms with Crippen LogP contribution in [-0.4, -0.2) is 45.8 Å². The van der Waals surface area contributed by atoms with Gasteiger partial charge in [0.25, 0.3) is 0 Å². The van der Waals surface area contributed by atoms with Crippen molar-refractivity contribution in [3.8, 4) is 0 Å². The van der Waals surface area contributed by atoms with Crippen LogP contribution in [0, 0.1) is 0 Å². The molecule has 0 aliphatic carbocycles. The first-order valence-corrected chi connectivity index (χ1v) is 5.74. The highest BCUT2D eigenvalue weighted by Gasteiger charge is 2.15. The van der Waals surface area contributed by atoms with E-state index in [9.17, 15) is 14.4 Å². The Morgan fingerprint density at radius 2 is 2.16 bits per heavy atom. The molecule has 0 atom stereocenters. The Labute approximate surface area is 110 Å². The molecular formula is C11H17N5O3. The number of carbonyl (C=O) groups excluding carboxylic acids is 2. The fraction of sp³-hybridized carbons (Fsp3) is 0.455. The minimum Gasteiger partial charge on any atom is -0.383 e. The third-order valence-electron chi connectivity index (χ3n) is 2.37. The zero-order chi connectivity index (χ0) is 14.4. The van der Waals surface area contributed by atoms with E-state index in [1.807, 2.05) is 0 Å². The van der Waals surface area contributed by atoms with Gasteiger partial charge in [-0.25, -0.2) is 4.79 Å². The number of nitrogens with two attached hydrogens (primary N) is 2. The Morgan fingerprint density at radius 1 is 1.47 bits per heavy atom. The van der Waals surface area contributed by atoms with E-state index in [0.717, 1.165) is 4.57 Å². The predicted octanol–water partition coefficient (Wildman–Crippen LogP) is -1.80. The van der Waals surface area contributed by atoms with Crippen molar-refractivity contribution in [3.63, 3.8) is 0 Å². The molecule has 0 spiro atoms. The van der Waals surface area contributed by atoms with Crippen molar-refractivity contribution in [2.45, 2.75) is 13.5 Å². The summed E-state index contributed by atoms with van der Waals surface area (Å²) in [5.41, 5.74) is 10.1. The van der Waals surface area contributed by atoms with Crippen molar-refractivity contribution in [2.75, 3.05) is 25.4 Å². The largest absolute Gasteiger partial charge is 0.383 e. The number of rotatable bonds is 6. The van der Waals surface area contributed by atoms with E-state index in [-0.39, 0.29) is 43.7 Å². The Bertz CT molecular complexity index is 525. The lowest BCUT2D eigenvalue weighted by molar-refractivity contribution is -0.135. The van der Waals surface area contributed by atoms with Crippen LogP contribution in [0.25, 0.3) is 0 Å². The summed E-state index contributed by atoms with van der Waals surface area (Å²) in [6.45, 7) is 1.67. The second-order valence-corrected chi connectivity index (χ2v) is 4.07. The highest BCUT2D eigenvalue weighted by molar-refractivity contribution is 5.84. The molecule has 8 nitrogen and oxygen atoms in total. The minimum atomic E-state index is -0.608. The number of nitrogen functional groups attached to an aromatic ring is 1. The first-order valence-electron chi connectivity index (χ1n) is 5.74. The van der Waals surface area contributed by atoms with Crippen molar-refractivity contribution in [1.29, 1.82) is 0 Å². The minimum absolute atomic E-state index is 0.0206. The van der Waals surface area contributed by atoms with Gasteiger partial charge in [0.2, 0.25) is 5.91 Å². The monoisotopic (exact) mass is 267 g/mol. The van der Waals surface area contributed by atoms with Gasteiger partial charge >= 0.3 is 5.69 Å². The molecular weight excluding hydrogens is 250 g/mol. The molecule has 8 heteroatoms. The summed E-state index contributed by atoms with van der Waals surface area (Å²) in [6.07, 6.45) is 1.39. The highest BCUT2D eigenvalue weighted by atomic mass is 16.2. The lowest BCUT2D eigenvalue weighted by atomic mass is 10.3. The number of ketones is 1. The number of Topliss-reactive ketones (excluding diaryl/α,β-unsaturated/α-hetero) is 1. The van der Waals surface area contributed by atoms with Gasteiger partial charge in [-0.05, 0) is 13.0 Å². The number of carbonyl (C=O) groups is 2. The molecule has 1 aromatic heterocycles. The number of anilines is 1. The van der Waals surface area contributed by atoms with Gasteiger partial charge in [-0.2, -0.15) is 4.98 Å². The summed E-state index contributed by atoms with van der Waals surface area (Å²) in [5.74, 6) is -0.421. The fourth-order valence-electron chi connectivity index (χ4n) is 1.52. The van der Waals surface area contributed by atoms with Gasteiger partial charge in [0.15, 0.2) is 0 Å². The molecule has 0 radical (unpaired) electrons. The lowest BCUT2D eigenvalue weighted by Gasteiger charge is -2.20. The normalized spacial score (nSPS) is 10.2. The number of hydrogen-bond donors (Lipinski definition) is 2. The van der Waals surface area contributed by atoms with Crippen LogP contribution in [-0.2, 0) is 16.1 Å². The number of nitrogens with zero attached hydrogens (tertiary/aromatic N) is 3. The maximum Gasteiger partial charge on any atom is 0.349 e. The van der Waals surface area contributed by atoms with Gasteiger partial charge in [0.05, 0.1) is 6.54 Å². The zero-order valence-corrected chi connectivity index (χ0v) is 10.7. The van der Waals surface area contributed by atoms with E-state index in [2.05, 4.69) is 4.98 Å². The summed E-state index contributed by atoms with van der Waals surface area (Å²) >= 11 is 0. The number of aromatic nitrogens is 2. The Morgan fingerprint density at radius 3 is 2.68 bits per heavy atom. The lowest BCUT2D eigenvalue weighted by Crippen LogP contribution is -2.42. The molecule has 0 aliphatic heterocycles. The Kier molecular flexibility index (Phi) is 5.19. The number of amides is 1. The first kappa shape index (κ1) is 14.8. The average Bonchev–Trinajstić information content (AvgIpc) is 2.31. The van der Waals surface area contributed by atoms with Gasteiger partial charge in [-0.3, -0.25) is 14.2 Å². The van der Waals surface area contributed by atoms with Crippen LogP contribution in [0.5, 0.6) is 0 Å². The van der Waals surface area contributed by atoms with E-state index in [0.29, 0.717) is 0 Å². The molecule has 0 unspecified atom stereocenters. The standard InChI is InChI=1S/C11H17N5O3/c1-8(17)6-15(5-3-12)10(18)7-16-4-2-9(13)14-11(16)19/h2,4H,3,5-7,12H2,1H3,(H2,13,14,19). The Balaban J connectivity index is 2.80. The molecule has 1 rings (SSSR count). The summed E-state index contributed by atoms with van der Waals surface area (Å²) < 4.78 is 1.13. The van der Waals surface area contributed by atoms with Gasteiger partial charge < -0.3 is 16.4 Å². The summed E-state index contributed by atoms with van der Waals surface area (Å²) in [7, 11) is 0. The molecule has 0 aromatic carbocycles. The molecule has 0 aliphatic rings. The van der Waals surface area contributed by atoms with Crippen molar-refractivity contribution >= 4 is 17.5 Å². The third-order valence-corrected chi connectivity index (χ3v) is 2.37. The third kappa shape index (κ3) is 4.51. The van der Waals surface area contributed by atoms with E-state index in [4.69, 9.17) is 11.5 Å². The molecule has 0 saturated carbocycles. The zero-order valence-electron chi connectivity index (χ0n) is 10.7. The first-order chi connectivity index (χ1) is 8.93. The average molecular weight is 267 g/mol. The van der Waals surface area contributed by atoms with Crippen molar-refractivity contribution < 1.29 is 9.59 Å². The highest BCUT2D eigenvalue weighted by Crippen LogP contribution is 1.95. The molecule has 1 heterocycles. The van der Waals surface area contributed by atoms with E-state index in [1.165, 1.54) is 24.1 Å². The van der Waals surface area contributed by atoms with Crippen LogP contribution in [0.3, 0.4) is 0 Å². The van der Waals surface area contributed by atoms with Crippen molar-refractivity contribution in [2.24, 2.45) is 5.73 Å². The van der Waals surface area contributed by atoms with Crippen LogP contribution in [0.15, 0.2) is 17.1 Å². The quantitative estimate of drug-likeness (QED) is 0.626. The predicted molar refractivity (Wildman–Crippen MR) is 69.2 cm³/mol. The van der Waals surface area contributed by atoms with E-state index in [1.54, 1.807) is 0 Å². The molecule has 4 N–H and O–H groups in total. The molecule has 19 heavy (non-hydrogen) atoms. The maximum atomic E-state index is 12.0. The van der Waals surface area contributed by atoms with E-state index < -0.39 is 5.69 Å². The van der Waals surface area contributed by atoms with Crippen LogP contribution in [0.2, 0.25) is 0 Å². The van der Waals surface area contributed by atoms with Crippen LogP contribution in [0.1, 0.15) is 6.92 Å². The van der Waals surface area contributed by atoms with Crippen LogP contribution < -0.4 is 17.2 Å². The van der Waals surface area contributed by atoms with Crippen LogP contribution in [0.4, 0.5) is 5.82 Å². The fourth-order valence-corrected chi connectivity index (χ4v) is 1.52. The molecule has 0 saturated heterocycles. The maximum absolute atomic E-state index is 12.0. The van der Waals surface area contributed by atoms with Crippen molar-refractivity contribution in [3.05, 3.63) is 22.7 Å². The van der Waals surface area contributed by atoms with Gasteiger partial charge in [0, 0.05) is 19.3 Å². The number of hydrogen-bond acceptors (Lipinski definition) is 6. The molecule has 0 fully saturated rings. The van der Waals surface area contributed by atoms with Crippen LogP contribution >= 0.6 is 0 Å².